The summed E-state index contributed by atoms with van der Waals surface area (Å²) in [6, 6.07) is 5.67. The lowest BCUT2D eigenvalue weighted by Crippen LogP contribution is -2.68. The molecule has 0 radical (unpaired) electrons. The van der Waals surface area contributed by atoms with Crippen molar-refractivity contribution in [3.8, 4) is 5.88 Å². The van der Waals surface area contributed by atoms with Gasteiger partial charge in [0.2, 0.25) is 5.88 Å². The largest absolute Gasteiger partial charge is 0.476 e. The van der Waals surface area contributed by atoms with Crippen LogP contribution in [0.1, 0.15) is 145 Å². The molecular weight excluding hydrogens is 703 g/mol. The summed E-state index contributed by atoms with van der Waals surface area (Å²) < 4.78 is 11.8. The number of nitrogens with zero attached hydrogens (tertiary/aromatic N) is 2. The molecule has 8 rings (SSSR count). The maximum absolute atomic E-state index is 13.5. The molecule has 5 fully saturated rings. The molecule has 0 spiro atoms. The van der Waals surface area contributed by atoms with Crippen molar-refractivity contribution in [2.24, 2.45) is 56.7 Å². The molecule has 0 amide bonds. The van der Waals surface area contributed by atoms with Crippen molar-refractivity contribution in [2.45, 2.75) is 150 Å². The number of allylic oxidation sites excluding steroid dienone is 5. The molecule has 1 saturated heterocycles. The van der Waals surface area contributed by atoms with E-state index >= 15 is 0 Å². The summed E-state index contributed by atoms with van der Waals surface area (Å²) in [7, 11) is 0. The van der Waals surface area contributed by atoms with Gasteiger partial charge in [0.15, 0.2) is 0 Å². The van der Waals surface area contributed by atoms with Crippen LogP contribution in [-0.2, 0) is 9.53 Å². The number of carbonyl (C=O) groups is 1. The molecule has 4 saturated carbocycles. The fourth-order valence-corrected chi connectivity index (χ4v) is 15.7. The van der Waals surface area contributed by atoms with E-state index in [4.69, 9.17) is 9.47 Å². The number of likely N-dealkylation sites (tertiary alicyclic amines) is 1. The highest BCUT2D eigenvalue weighted by atomic mass is 16.5. The summed E-state index contributed by atoms with van der Waals surface area (Å²) in [5.41, 5.74) is 5.06. The number of piperidine rings is 1. The van der Waals surface area contributed by atoms with E-state index in [1.165, 1.54) is 108 Å². The topological polar surface area (TPSA) is 63.7 Å². The number of ether oxygens (including phenoxy) is 2. The van der Waals surface area contributed by atoms with Crippen LogP contribution in [0.4, 0.5) is 0 Å². The number of carbonyl (C=O) groups excluding carboxylic acids is 1. The Morgan fingerprint density at radius 1 is 0.912 bits per heavy atom. The fourth-order valence-electron chi connectivity index (χ4n) is 15.7. The molecule has 7 aliphatic rings. The Morgan fingerprint density at radius 2 is 1.72 bits per heavy atom. The predicted octanol–water partition coefficient (Wildman–Crippen LogP) is 11.1. The maximum atomic E-state index is 13.5. The molecule has 314 valence electrons. The molecule has 2 heterocycles. The molecule has 1 aliphatic heterocycles. The van der Waals surface area contributed by atoms with Gasteiger partial charge in [0, 0.05) is 30.9 Å². The van der Waals surface area contributed by atoms with Gasteiger partial charge in [-0.05, 0) is 185 Å². The van der Waals surface area contributed by atoms with Crippen molar-refractivity contribution in [3.63, 3.8) is 0 Å². The SMILES string of the molecule is C=C(C)[C@@H]1CC[C@]2(NCCN3CCCCC3)CC[C@]3(C)[C@H](CC[C@@H]4[C@@]5(C)CC=C(C6=CCC(COc7ccccn7)(C(=O)OCC)CC6)C(C)(C)[C@@H]5CC[C@]43C)[C@@H]12. The Bertz CT molecular complexity index is 1710. The predicted molar refractivity (Wildman–Crippen MR) is 232 cm³/mol. The van der Waals surface area contributed by atoms with Crippen LogP contribution >= 0.6 is 0 Å². The molecule has 57 heavy (non-hydrogen) atoms. The lowest BCUT2D eigenvalue weighted by Gasteiger charge is -2.72. The highest BCUT2D eigenvalue weighted by Crippen LogP contribution is 2.76. The quantitative estimate of drug-likeness (QED) is 0.178. The number of nitrogens with one attached hydrogen (secondary N) is 1. The molecule has 6 heteroatoms. The third kappa shape index (κ3) is 6.81. The normalized spacial score (nSPS) is 41.4. The summed E-state index contributed by atoms with van der Waals surface area (Å²) >= 11 is 0. The summed E-state index contributed by atoms with van der Waals surface area (Å²) in [6.45, 7) is 27.9. The van der Waals surface area contributed by atoms with Crippen LogP contribution in [0.3, 0.4) is 0 Å². The third-order valence-corrected chi connectivity index (χ3v) is 18.8. The molecule has 0 aromatic carbocycles. The van der Waals surface area contributed by atoms with Gasteiger partial charge in [-0.25, -0.2) is 4.98 Å². The van der Waals surface area contributed by atoms with Crippen LogP contribution in [0.25, 0.3) is 0 Å². The van der Waals surface area contributed by atoms with E-state index in [1.807, 2.05) is 25.1 Å². The Balaban J connectivity index is 1.02. The Morgan fingerprint density at radius 3 is 2.42 bits per heavy atom. The number of fused-ring (bicyclic) bond motifs is 7. The Hall–Kier alpha value is -2.44. The molecule has 1 unspecified atom stereocenters. The average molecular weight is 780 g/mol. The van der Waals surface area contributed by atoms with Crippen LogP contribution in [0.5, 0.6) is 5.88 Å². The maximum Gasteiger partial charge on any atom is 0.315 e. The standard InChI is InChI=1S/C51H77N3O3/c1-9-56-45(55)50(35-57-43-15-11-12-30-52-43)25-18-37(19-26-50)39-21-23-47(6)41(46(39,4)5)22-24-49(8)42(47)17-16-40-44-38(36(2)3)20-27-51(44,29-28-48(40,49)7)53-31-34-54-32-13-10-14-33-54/h11-12,15,18,21,30,38,40-42,44,53H,2,9-10,13-14,16-17,19-20,22-29,31-35H2,1,3-8H3/t38-,40+,41-,42+,44+,47-,48+,49+,50?,51-/m0/s1. The van der Waals surface area contributed by atoms with E-state index in [0.29, 0.717) is 54.1 Å². The van der Waals surface area contributed by atoms with Gasteiger partial charge in [0.1, 0.15) is 12.0 Å². The smallest absolute Gasteiger partial charge is 0.315 e. The molecule has 6 aliphatic carbocycles. The van der Waals surface area contributed by atoms with Crippen molar-refractivity contribution in [2.75, 3.05) is 39.4 Å². The minimum Gasteiger partial charge on any atom is -0.476 e. The van der Waals surface area contributed by atoms with Gasteiger partial charge in [-0.15, -0.1) is 0 Å². The van der Waals surface area contributed by atoms with E-state index in [2.05, 4.69) is 75.5 Å². The van der Waals surface area contributed by atoms with Crippen LogP contribution in [0.15, 0.2) is 59.8 Å². The first-order valence-electron chi connectivity index (χ1n) is 23.5. The third-order valence-electron chi connectivity index (χ3n) is 18.8. The van der Waals surface area contributed by atoms with Gasteiger partial charge in [-0.1, -0.05) is 71.4 Å². The van der Waals surface area contributed by atoms with E-state index in [9.17, 15) is 4.79 Å². The monoisotopic (exact) mass is 780 g/mol. The zero-order valence-corrected chi connectivity index (χ0v) is 37.0. The number of esters is 1. The molecule has 1 aromatic heterocycles. The van der Waals surface area contributed by atoms with Crippen molar-refractivity contribution in [3.05, 3.63) is 59.8 Å². The first-order chi connectivity index (χ1) is 27.2. The lowest BCUT2D eigenvalue weighted by atomic mass is 9.33. The van der Waals surface area contributed by atoms with Gasteiger partial charge < -0.3 is 19.7 Å². The summed E-state index contributed by atoms with van der Waals surface area (Å²) in [5, 5.41) is 4.36. The van der Waals surface area contributed by atoms with Crippen LogP contribution in [-0.4, -0.2) is 60.8 Å². The van der Waals surface area contributed by atoms with Gasteiger partial charge in [-0.3, -0.25) is 4.79 Å². The molecular formula is C51H77N3O3. The number of hydrogen-bond acceptors (Lipinski definition) is 6. The van der Waals surface area contributed by atoms with E-state index in [1.54, 1.807) is 11.8 Å². The van der Waals surface area contributed by atoms with Gasteiger partial charge in [0.05, 0.1) is 6.61 Å². The summed E-state index contributed by atoms with van der Waals surface area (Å²) in [5.74, 6) is 3.91. The van der Waals surface area contributed by atoms with Crippen LogP contribution < -0.4 is 10.1 Å². The summed E-state index contributed by atoms with van der Waals surface area (Å²) in [4.78, 5) is 20.6. The highest BCUT2D eigenvalue weighted by molar-refractivity contribution is 5.78. The molecule has 6 nitrogen and oxygen atoms in total. The second-order valence-corrected chi connectivity index (χ2v) is 21.6. The first kappa shape index (κ1) is 41.3. The molecule has 1 aromatic rings. The van der Waals surface area contributed by atoms with Crippen LogP contribution in [0, 0.1) is 56.7 Å². The van der Waals surface area contributed by atoms with Gasteiger partial charge in [0.25, 0.3) is 0 Å². The number of aromatic nitrogens is 1. The van der Waals surface area contributed by atoms with Gasteiger partial charge >= 0.3 is 5.97 Å². The second kappa shape index (κ2) is 15.5. The molecule has 0 bridgehead atoms. The van der Waals surface area contributed by atoms with Crippen molar-refractivity contribution in [1.29, 1.82) is 0 Å². The average Bonchev–Trinajstić information content (AvgIpc) is 3.58. The molecule has 10 atom stereocenters. The van der Waals surface area contributed by atoms with Crippen molar-refractivity contribution >= 4 is 5.97 Å². The number of rotatable bonds is 11. The Kier molecular flexibility index (Phi) is 11.3. The highest BCUT2D eigenvalue weighted by Gasteiger charge is 2.70. The first-order valence-corrected chi connectivity index (χ1v) is 23.5. The minimum absolute atomic E-state index is 0.0722. The van der Waals surface area contributed by atoms with E-state index in [0.717, 1.165) is 31.2 Å². The van der Waals surface area contributed by atoms with Crippen molar-refractivity contribution in [1.82, 2.24) is 15.2 Å². The van der Waals surface area contributed by atoms with Crippen molar-refractivity contribution < 1.29 is 14.3 Å². The second-order valence-electron chi connectivity index (χ2n) is 21.6. The zero-order chi connectivity index (χ0) is 40.3. The molecule has 1 N–H and O–H groups in total. The minimum atomic E-state index is -0.686. The lowest BCUT2D eigenvalue weighted by molar-refractivity contribution is -0.221. The Labute approximate surface area is 346 Å². The number of hydrogen-bond donors (Lipinski definition) is 1. The van der Waals surface area contributed by atoms with Gasteiger partial charge in [-0.2, -0.15) is 0 Å². The number of pyridine rings is 1. The summed E-state index contributed by atoms with van der Waals surface area (Å²) in [6.07, 6.45) is 25.1. The van der Waals surface area contributed by atoms with E-state index in [-0.39, 0.29) is 22.3 Å². The zero-order valence-electron chi connectivity index (χ0n) is 37.0. The van der Waals surface area contributed by atoms with E-state index < -0.39 is 5.41 Å². The fraction of sp³-hybridized carbons (Fsp3) is 0.765. The van der Waals surface area contributed by atoms with Crippen LogP contribution in [0.2, 0.25) is 0 Å².